The van der Waals surface area contributed by atoms with Crippen LogP contribution in [-0.4, -0.2) is 26.2 Å². The normalized spacial score (nSPS) is 26.5. The van der Waals surface area contributed by atoms with Crippen LogP contribution in [0.4, 0.5) is 0 Å². The highest BCUT2D eigenvalue weighted by molar-refractivity contribution is 8.14. The highest BCUT2D eigenvalue weighted by Crippen LogP contribution is 2.25. The van der Waals surface area contributed by atoms with Gasteiger partial charge in [0.25, 0.3) is 0 Å². The van der Waals surface area contributed by atoms with Crippen molar-refractivity contribution >= 4 is 16.9 Å². The summed E-state index contributed by atoms with van der Waals surface area (Å²) in [6.45, 7) is 7.20. The number of aryl methyl sites for hydroxylation is 2. The zero-order valence-corrected chi connectivity index (χ0v) is 11.8. The lowest BCUT2D eigenvalue weighted by Crippen LogP contribution is -2.39. The first-order valence-corrected chi connectivity index (χ1v) is 6.95. The van der Waals surface area contributed by atoms with E-state index >= 15 is 0 Å². The Morgan fingerprint density at radius 1 is 1.65 bits per heavy atom. The molecular weight excluding hydrogens is 232 g/mol. The molecule has 1 aliphatic heterocycles. The Morgan fingerprint density at radius 3 is 2.94 bits per heavy atom. The van der Waals surface area contributed by atoms with Crippen molar-refractivity contribution in [2.24, 2.45) is 12.0 Å². The van der Waals surface area contributed by atoms with Crippen LogP contribution in [0, 0.1) is 6.92 Å². The van der Waals surface area contributed by atoms with Gasteiger partial charge < -0.3 is 5.32 Å². The number of nitrogens with zero attached hydrogens (tertiary/aromatic N) is 3. The highest BCUT2D eigenvalue weighted by atomic mass is 32.2. The van der Waals surface area contributed by atoms with Gasteiger partial charge >= 0.3 is 0 Å². The van der Waals surface area contributed by atoms with Crippen LogP contribution in [0.3, 0.4) is 0 Å². The van der Waals surface area contributed by atoms with Crippen molar-refractivity contribution in [1.82, 2.24) is 15.1 Å². The monoisotopic (exact) mass is 252 g/mol. The van der Waals surface area contributed by atoms with Crippen molar-refractivity contribution in [3.05, 3.63) is 17.5 Å². The van der Waals surface area contributed by atoms with Crippen LogP contribution in [0.1, 0.15) is 31.5 Å². The van der Waals surface area contributed by atoms with Crippen LogP contribution in [-0.2, 0) is 13.6 Å². The molecule has 1 saturated heterocycles. The molecule has 1 unspecified atom stereocenters. The van der Waals surface area contributed by atoms with E-state index in [0.29, 0.717) is 0 Å². The van der Waals surface area contributed by atoms with Crippen molar-refractivity contribution < 1.29 is 0 Å². The summed E-state index contributed by atoms with van der Waals surface area (Å²) in [6, 6.07) is 0. The third-order valence-electron chi connectivity index (χ3n) is 3.22. The second-order valence-corrected chi connectivity index (χ2v) is 5.83. The number of rotatable bonds is 3. The number of aromatic nitrogens is 2. The van der Waals surface area contributed by atoms with Crippen LogP contribution in [0.15, 0.2) is 11.2 Å². The first-order chi connectivity index (χ1) is 8.02. The Kier molecular flexibility index (Phi) is 3.47. The summed E-state index contributed by atoms with van der Waals surface area (Å²) < 4.78 is 1.84. The standard InChI is InChI=1S/C12H20N4S/c1-5-12(3)8-17-11(14-12)13-6-10-7-16(4)15-9(10)2/h7H,5-6,8H2,1-4H3,(H,13,14). The molecule has 0 bridgehead atoms. The third-order valence-corrected chi connectivity index (χ3v) is 4.51. The van der Waals surface area contributed by atoms with Crippen molar-refractivity contribution in [2.75, 3.05) is 5.75 Å². The predicted octanol–water partition coefficient (Wildman–Crippen LogP) is 2.09. The number of hydrogen-bond acceptors (Lipinski definition) is 3. The minimum atomic E-state index is 0.216. The molecule has 1 aromatic rings. The first-order valence-electron chi connectivity index (χ1n) is 5.97. The van der Waals surface area contributed by atoms with Crippen LogP contribution in [0.5, 0.6) is 0 Å². The molecule has 2 rings (SSSR count). The Labute approximate surface area is 107 Å². The molecule has 4 nitrogen and oxygen atoms in total. The summed E-state index contributed by atoms with van der Waals surface area (Å²) in [4.78, 5) is 4.63. The fraction of sp³-hybridized carbons (Fsp3) is 0.667. The second-order valence-electron chi connectivity index (χ2n) is 4.86. The summed E-state index contributed by atoms with van der Waals surface area (Å²) in [6.07, 6.45) is 3.17. The molecule has 0 aliphatic carbocycles. The average molecular weight is 252 g/mol. The summed E-state index contributed by atoms with van der Waals surface area (Å²) in [5.41, 5.74) is 2.48. The van der Waals surface area contributed by atoms with E-state index in [4.69, 9.17) is 0 Å². The molecule has 0 saturated carbocycles. The van der Waals surface area contributed by atoms with E-state index in [-0.39, 0.29) is 5.54 Å². The molecule has 0 amide bonds. The van der Waals surface area contributed by atoms with Crippen molar-refractivity contribution in [3.8, 4) is 0 Å². The maximum atomic E-state index is 4.63. The molecular formula is C12H20N4S. The van der Waals surface area contributed by atoms with Gasteiger partial charge in [-0.15, -0.1) is 0 Å². The van der Waals surface area contributed by atoms with Crippen LogP contribution in [0.2, 0.25) is 0 Å². The second kappa shape index (κ2) is 4.72. The van der Waals surface area contributed by atoms with E-state index < -0.39 is 0 Å². The molecule has 2 heterocycles. The zero-order chi connectivity index (χ0) is 12.5. The van der Waals surface area contributed by atoms with Gasteiger partial charge in [0.15, 0.2) is 5.17 Å². The lowest BCUT2D eigenvalue weighted by atomic mass is 10.0. The van der Waals surface area contributed by atoms with E-state index in [0.717, 1.165) is 29.6 Å². The molecule has 17 heavy (non-hydrogen) atoms. The van der Waals surface area contributed by atoms with E-state index in [1.807, 2.05) is 36.6 Å². The van der Waals surface area contributed by atoms with Crippen LogP contribution < -0.4 is 5.32 Å². The van der Waals surface area contributed by atoms with Crippen molar-refractivity contribution in [3.63, 3.8) is 0 Å². The van der Waals surface area contributed by atoms with Crippen molar-refractivity contribution in [2.45, 2.75) is 39.3 Å². The predicted molar refractivity (Wildman–Crippen MR) is 73.4 cm³/mol. The fourth-order valence-electron chi connectivity index (χ4n) is 1.79. The minimum Gasteiger partial charge on any atom is -0.359 e. The zero-order valence-electron chi connectivity index (χ0n) is 10.9. The van der Waals surface area contributed by atoms with Gasteiger partial charge in [0.2, 0.25) is 0 Å². The van der Waals surface area contributed by atoms with Gasteiger partial charge in [0.1, 0.15) is 0 Å². The number of hydrogen-bond donors (Lipinski definition) is 1. The molecule has 1 aromatic heterocycles. The molecule has 5 heteroatoms. The largest absolute Gasteiger partial charge is 0.359 e. The molecule has 1 aliphatic rings. The number of thioether (sulfide) groups is 1. The maximum Gasteiger partial charge on any atom is 0.157 e. The van der Waals surface area contributed by atoms with E-state index in [1.165, 1.54) is 5.56 Å². The molecule has 0 radical (unpaired) electrons. The SMILES string of the molecule is CCC1(C)CSC(=NCc2cn(C)nc2C)N1. The molecule has 0 spiro atoms. The lowest BCUT2D eigenvalue weighted by molar-refractivity contribution is 0.466. The van der Waals surface area contributed by atoms with E-state index in [9.17, 15) is 0 Å². The van der Waals surface area contributed by atoms with Crippen LogP contribution in [0.25, 0.3) is 0 Å². The van der Waals surface area contributed by atoms with E-state index in [2.05, 4.69) is 29.3 Å². The maximum absolute atomic E-state index is 4.63. The summed E-state index contributed by atoms with van der Waals surface area (Å²) in [7, 11) is 1.94. The van der Waals surface area contributed by atoms with E-state index in [1.54, 1.807) is 0 Å². The van der Waals surface area contributed by atoms with Gasteiger partial charge in [-0.25, -0.2) is 0 Å². The number of aliphatic imine (C=N–C) groups is 1. The smallest absolute Gasteiger partial charge is 0.157 e. The minimum absolute atomic E-state index is 0.216. The Balaban J connectivity index is 2.01. The molecule has 94 valence electrons. The molecule has 0 aromatic carbocycles. The van der Waals surface area contributed by atoms with Gasteiger partial charge in [-0.3, -0.25) is 9.67 Å². The van der Waals surface area contributed by atoms with Gasteiger partial charge in [0.05, 0.1) is 12.2 Å². The topological polar surface area (TPSA) is 42.2 Å². The quantitative estimate of drug-likeness (QED) is 0.895. The number of amidine groups is 1. The van der Waals surface area contributed by atoms with Crippen molar-refractivity contribution in [1.29, 1.82) is 0 Å². The fourth-order valence-corrected chi connectivity index (χ4v) is 3.00. The summed E-state index contributed by atoms with van der Waals surface area (Å²) in [5, 5.41) is 8.89. The Morgan fingerprint density at radius 2 is 2.41 bits per heavy atom. The lowest BCUT2D eigenvalue weighted by Gasteiger charge is -2.20. The first kappa shape index (κ1) is 12.5. The Hall–Kier alpha value is -0.970. The average Bonchev–Trinajstić information content (AvgIpc) is 2.81. The van der Waals surface area contributed by atoms with Gasteiger partial charge in [0, 0.05) is 30.1 Å². The Bertz CT molecular complexity index is 438. The summed E-state index contributed by atoms with van der Waals surface area (Å²) >= 11 is 1.82. The van der Waals surface area contributed by atoms with Gasteiger partial charge in [-0.1, -0.05) is 18.7 Å². The highest BCUT2D eigenvalue weighted by Gasteiger charge is 2.30. The van der Waals surface area contributed by atoms with Crippen LogP contribution >= 0.6 is 11.8 Å². The third kappa shape index (κ3) is 2.83. The number of nitrogens with one attached hydrogen (secondary N) is 1. The molecule has 1 N–H and O–H groups in total. The molecule has 1 fully saturated rings. The van der Waals surface area contributed by atoms with Gasteiger partial charge in [-0.05, 0) is 20.3 Å². The summed E-state index contributed by atoms with van der Waals surface area (Å²) in [5.74, 6) is 1.11. The molecule has 1 atom stereocenters. The van der Waals surface area contributed by atoms with Gasteiger partial charge in [-0.2, -0.15) is 5.10 Å².